The van der Waals surface area contributed by atoms with Crippen molar-refractivity contribution < 1.29 is 9.13 Å². The van der Waals surface area contributed by atoms with Crippen molar-refractivity contribution in [2.24, 2.45) is 0 Å². The van der Waals surface area contributed by atoms with Crippen molar-refractivity contribution in [1.82, 2.24) is 0 Å². The van der Waals surface area contributed by atoms with Crippen LogP contribution in [0.4, 0.5) is 5.69 Å². The fourth-order valence-electron chi connectivity index (χ4n) is 0.954. The van der Waals surface area contributed by atoms with Gasteiger partial charge in [0, 0.05) is 17.0 Å². The Labute approximate surface area is 88.9 Å². The average molecular weight is 224 g/mol. The highest BCUT2D eigenvalue weighted by atomic mass is 32.2. The van der Waals surface area contributed by atoms with Gasteiger partial charge in [-0.15, -0.1) is 0 Å². The van der Waals surface area contributed by atoms with E-state index in [2.05, 4.69) is 0 Å². The third-order valence-electron chi connectivity index (χ3n) is 1.78. The quantitative estimate of drug-likeness (QED) is 0.576. The molecule has 0 aliphatic rings. The Bertz CT molecular complexity index is 436. The van der Waals surface area contributed by atoms with Gasteiger partial charge in [0.1, 0.15) is 5.25 Å². The van der Waals surface area contributed by atoms with Crippen LogP contribution in [-0.2, 0) is 10.8 Å². The van der Waals surface area contributed by atoms with Gasteiger partial charge in [-0.2, -0.15) is 5.26 Å². The minimum atomic E-state index is -1.43. The van der Waals surface area contributed by atoms with Crippen LogP contribution in [0.1, 0.15) is 6.92 Å². The fourth-order valence-corrected chi connectivity index (χ4v) is 1.86. The second-order valence-corrected chi connectivity index (χ2v) is 4.59. The van der Waals surface area contributed by atoms with Gasteiger partial charge < -0.3 is 0 Å². The summed E-state index contributed by atoms with van der Waals surface area (Å²) in [7, 11) is -1.43. The number of hydrogen-bond donors (Lipinski definition) is 0. The molecule has 0 aliphatic heterocycles. The van der Waals surface area contributed by atoms with E-state index >= 15 is 0 Å². The van der Waals surface area contributed by atoms with Crippen LogP contribution in [0.3, 0.4) is 0 Å². The van der Waals surface area contributed by atoms with E-state index in [4.69, 9.17) is 5.26 Å². The van der Waals surface area contributed by atoms with Crippen molar-refractivity contribution in [3.63, 3.8) is 0 Å². The fraction of sp³-hybridized carbons (Fsp3) is 0.222. The van der Waals surface area contributed by atoms with Gasteiger partial charge in [-0.05, 0) is 19.1 Å². The first-order valence-corrected chi connectivity index (χ1v) is 5.32. The van der Waals surface area contributed by atoms with Crippen LogP contribution < -0.4 is 0 Å². The zero-order valence-corrected chi connectivity index (χ0v) is 8.73. The lowest BCUT2D eigenvalue weighted by Crippen LogP contribution is -2.07. The predicted molar refractivity (Wildman–Crippen MR) is 54.6 cm³/mol. The lowest BCUT2D eigenvalue weighted by molar-refractivity contribution is -0.384. The molecule has 0 aliphatic carbocycles. The number of nitriles is 1. The van der Waals surface area contributed by atoms with Gasteiger partial charge in [0.05, 0.1) is 21.8 Å². The van der Waals surface area contributed by atoms with Crippen LogP contribution in [0.5, 0.6) is 0 Å². The molecule has 0 heterocycles. The average Bonchev–Trinajstić information content (AvgIpc) is 2.27. The molecule has 0 amide bonds. The maximum Gasteiger partial charge on any atom is 0.269 e. The van der Waals surface area contributed by atoms with E-state index in [1.807, 2.05) is 6.07 Å². The van der Waals surface area contributed by atoms with Gasteiger partial charge in [0.2, 0.25) is 0 Å². The van der Waals surface area contributed by atoms with Crippen LogP contribution in [0.2, 0.25) is 0 Å². The number of nitro benzene ring substituents is 1. The van der Waals surface area contributed by atoms with Crippen molar-refractivity contribution in [2.45, 2.75) is 17.1 Å². The molecule has 6 heteroatoms. The normalized spacial score (nSPS) is 13.9. The van der Waals surface area contributed by atoms with Crippen LogP contribution in [0, 0.1) is 21.4 Å². The zero-order chi connectivity index (χ0) is 11.4. The molecule has 1 rings (SSSR count). The first-order valence-electron chi connectivity index (χ1n) is 4.11. The third kappa shape index (κ3) is 2.60. The highest BCUT2D eigenvalue weighted by Gasteiger charge is 2.13. The molecule has 2 unspecified atom stereocenters. The molecule has 0 radical (unpaired) electrons. The Balaban J connectivity index is 2.95. The number of hydrogen-bond acceptors (Lipinski definition) is 4. The lowest BCUT2D eigenvalue weighted by atomic mass is 10.3. The Morgan fingerprint density at radius 1 is 1.47 bits per heavy atom. The lowest BCUT2D eigenvalue weighted by Gasteiger charge is -2.02. The van der Waals surface area contributed by atoms with Gasteiger partial charge in [0.15, 0.2) is 0 Å². The molecule has 0 aromatic heterocycles. The molecule has 78 valence electrons. The molecular formula is C9H8N2O3S. The van der Waals surface area contributed by atoms with E-state index < -0.39 is 21.0 Å². The van der Waals surface area contributed by atoms with E-state index in [0.29, 0.717) is 4.90 Å². The minimum absolute atomic E-state index is 0.0552. The van der Waals surface area contributed by atoms with Crippen molar-refractivity contribution in [3.05, 3.63) is 34.4 Å². The summed E-state index contributed by atoms with van der Waals surface area (Å²) in [6.45, 7) is 1.54. The van der Waals surface area contributed by atoms with E-state index in [9.17, 15) is 14.3 Å². The summed E-state index contributed by atoms with van der Waals surface area (Å²) >= 11 is 0. The molecule has 0 N–H and O–H groups in total. The Morgan fingerprint density at radius 3 is 2.40 bits per heavy atom. The predicted octanol–water partition coefficient (Wildman–Crippen LogP) is 1.61. The maximum absolute atomic E-state index is 11.6. The van der Waals surface area contributed by atoms with Crippen molar-refractivity contribution >= 4 is 16.5 Å². The van der Waals surface area contributed by atoms with E-state index in [-0.39, 0.29) is 5.69 Å². The number of nitrogens with zero attached hydrogens (tertiary/aromatic N) is 2. The van der Waals surface area contributed by atoms with Crippen molar-refractivity contribution in [2.75, 3.05) is 0 Å². The Hall–Kier alpha value is -1.74. The van der Waals surface area contributed by atoms with E-state index in [1.165, 1.54) is 31.2 Å². The summed E-state index contributed by atoms with van der Waals surface area (Å²) in [5, 5.41) is 18.3. The summed E-state index contributed by atoms with van der Waals surface area (Å²) in [5.41, 5.74) is -0.0552. The molecular weight excluding hydrogens is 216 g/mol. The smallest absolute Gasteiger partial charge is 0.258 e. The largest absolute Gasteiger partial charge is 0.269 e. The molecule has 1 aromatic carbocycles. The monoisotopic (exact) mass is 224 g/mol. The van der Waals surface area contributed by atoms with Crippen molar-refractivity contribution in [1.29, 1.82) is 5.26 Å². The SMILES string of the molecule is CC(C#N)S(=O)c1ccc([N+](=O)[O-])cc1. The second kappa shape index (κ2) is 4.66. The third-order valence-corrected chi connectivity index (χ3v) is 3.27. The van der Waals surface area contributed by atoms with Crippen molar-refractivity contribution in [3.8, 4) is 6.07 Å². The summed E-state index contributed by atoms with van der Waals surface area (Å²) in [5.74, 6) is 0. The van der Waals surface area contributed by atoms with Crippen LogP contribution in [0.15, 0.2) is 29.2 Å². The minimum Gasteiger partial charge on any atom is -0.258 e. The molecule has 0 bridgehead atoms. The highest BCUT2D eigenvalue weighted by molar-refractivity contribution is 7.86. The maximum atomic E-state index is 11.6. The first kappa shape index (κ1) is 11.3. The molecule has 1 aromatic rings. The number of rotatable bonds is 3. The first-order chi connectivity index (χ1) is 7.06. The summed E-state index contributed by atoms with van der Waals surface area (Å²) in [6.07, 6.45) is 0. The van der Waals surface area contributed by atoms with Crippen LogP contribution >= 0.6 is 0 Å². The Kier molecular flexibility index (Phi) is 3.52. The van der Waals surface area contributed by atoms with E-state index in [0.717, 1.165) is 0 Å². The van der Waals surface area contributed by atoms with Gasteiger partial charge in [-0.3, -0.25) is 14.3 Å². The standard InChI is InChI=1S/C9H8N2O3S/c1-7(6-10)15(14)9-4-2-8(3-5-9)11(12)13/h2-5,7H,1H3. The highest BCUT2D eigenvalue weighted by Crippen LogP contribution is 2.16. The summed E-state index contributed by atoms with van der Waals surface area (Å²) in [6, 6.07) is 7.23. The topological polar surface area (TPSA) is 84.0 Å². The molecule has 2 atom stereocenters. The summed E-state index contributed by atoms with van der Waals surface area (Å²) in [4.78, 5) is 10.2. The zero-order valence-electron chi connectivity index (χ0n) is 7.91. The molecule has 5 nitrogen and oxygen atoms in total. The number of non-ortho nitro benzene ring substituents is 1. The van der Waals surface area contributed by atoms with Gasteiger partial charge in [-0.1, -0.05) is 0 Å². The van der Waals surface area contributed by atoms with Crippen LogP contribution in [0.25, 0.3) is 0 Å². The van der Waals surface area contributed by atoms with Gasteiger partial charge in [-0.25, -0.2) is 0 Å². The molecule has 0 fully saturated rings. The number of benzene rings is 1. The molecule has 0 spiro atoms. The van der Waals surface area contributed by atoms with E-state index in [1.54, 1.807) is 0 Å². The molecule has 0 saturated carbocycles. The van der Waals surface area contributed by atoms with Gasteiger partial charge in [0.25, 0.3) is 5.69 Å². The summed E-state index contributed by atoms with van der Waals surface area (Å²) < 4.78 is 11.6. The molecule has 0 saturated heterocycles. The second-order valence-electron chi connectivity index (χ2n) is 2.82. The van der Waals surface area contributed by atoms with Crippen LogP contribution in [-0.4, -0.2) is 14.4 Å². The van der Waals surface area contributed by atoms with Gasteiger partial charge >= 0.3 is 0 Å². The molecule has 15 heavy (non-hydrogen) atoms. The number of nitro groups is 1. The Morgan fingerprint density at radius 2 is 2.00 bits per heavy atom.